The average Bonchev–Trinajstić information content (AvgIpc) is 2.58. The Kier molecular flexibility index (Phi) is 6.37. The minimum Gasteiger partial charge on any atom is -0.496 e. The normalized spacial score (nSPS) is 10.1. The van der Waals surface area contributed by atoms with E-state index in [2.05, 4.69) is 15.9 Å². The SMILES string of the molecule is COc1ccc(Br)cc1COC(=O)COc1ccc(C(C)=O)cc1. The van der Waals surface area contributed by atoms with E-state index >= 15 is 0 Å². The van der Waals surface area contributed by atoms with E-state index in [1.54, 1.807) is 37.4 Å². The topological polar surface area (TPSA) is 61.8 Å². The zero-order valence-corrected chi connectivity index (χ0v) is 15.0. The smallest absolute Gasteiger partial charge is 0.344 e. The first-order valence-corrected chi connectivity index (χ1v) is 8.00. The monoisotopic (exact) mass is 392 g/mol. The van der Waals surface area contributed by atoms with E-state index in [0.717, 1.165) is 10.0 Å². The molecule has 0 aliphatic heterocycles. The Morgan fingerprint density at radius 2 is 1.79 bits per heavy atom. The van der Waals surface area contributed by atoms with Crippen molar-refractivity contribution in [2.24, 2.45) is 0 Å². The van der Waals surface area contributed by atoms with Gasteiger partial charge in [-0.05, 0) is 49.4 Å². The Morgan fingerprint density at radius 1 is 1.08 bits per heavy atom. The van der Waals surface area contributed by atoms with E-state index in [1.165, 1.54) is 6.92 Å². The molecule has 0 aliphatic carbocycles. The molecule has 0 radical (unpaired) electrons. The van der Waals surface area contributed by atoms with Crippen molar-refractivity contribution < 1.29 is 23.8 Å². The molecule has 0 amide bonds. The summed E-state index contributed by atoms with van der Waals surface area (Å²) in [6.45, 7) is 1.37. The molecule has 0 bridgehead atoms. The predicted octanol–water partition coefficient (Wildman–Crippen LogP) is 3.78. The summed E-state index contributed by atoms with van der Waals surface area (Å²) in [5.74, 6) is 0.625. The van der Waals surface area contributed by atoms with E-state index in [4.69, 9.17) is 14.2 Å². The fourth-order valence-corrected chi connectivity index (χ4v) is 2.40. The van der Waals surface area contributed by atoms with Crippen LogP contribution in [0.2, 0.25) is 0 Å². The van der Waals surface area contributed by atoms with Gasteiger partial charge in [-0.25, -0.2) is 4.79 Å². The molecular weight excluding hydrogens is 376 g/mol. The summed E-state index contributed by atoms with van der Waals surface area (Å²) in [7, 11) is 1.56. The number of hydrogen-bond acceptors (Lipinski definition) is 5. The van der Waals surface area contributed by atoms with Crippen LogP contribution in [0.1, 0.15) is 22.8 Å². The number of Topliss-reactive ketones (excluding diaryl/α,β-unsaturated/α-hetero) is 1. The summed E-state index contributed by atoms with van der Waals surface area (Å²) < 4.78 is 16.6. The standard InChI is InChI=1S/C18H17BrO5/c1-12(20)13-3-6-16(7-4-13)23-11-18(21)24-10-14-9-15(19)5-8-17(14)22-2/h3-9H,10-11H2,1-2H3. The molecule has 0 atom stereocenters. The first kappa shape index (κ1) is 18.0. The van der Waals surface area contributed by atoms with Gasteiger partial charge >= 0.3 is 5.97 Å². The van der Waals surface area contributed by atoms with Crippen molar-refractivity contribution >= 4 is 27.7 Å². The van der Waals surface area contributed by atoms with Crippen LogP contribution in [0.15, 0.2) is 46.9 Å². The van der Waals surface area contributed by atoms with Crippen molar-refractivity contribution in [3.05, 3.63) is 58.1 Å². The molecule has 0 saturated heterocycles. The van der Waals surface area contributed by atoms with Crippen LogP contribution in [0.4, 0.5) is 0 Å². The summed E-state index contributed by atoms with van der Waals surface area (Å²) in [6.07, 6.45) is 0. The number of ketones is 1. The molecule has 0 saturated carbocycles. The number of hydrogen-bond donors (Lipinski definition) is 0. The lowest BCUT2D eigenvalue weighted by molar-refractivity contribution is -0.147. The lowest BCUT2D eigenvalue weighted by Crippen LogP contribution is -2.15. The van der Waals surface area contributed by atoms with E-state index in [-0.39, 0.29) is 19.0 Å². The van der Waals surface area contributed by atoms with Crippen LogP contribution in [0.25, 0.3) is 0 Å². The fourth-order valence-electron chi connectivity index (χ4n) is 1.99. The maximum Gasteiger partial charge on any atom is 0.344 e. The third kappa shape index (κ3) is 5.09. The van der Waals surface area contributed by atoms with Crippen LogP contribution < -0.4 is 9.47 Å². The molecule has 5 nitrogen and oxygen atoms in total. The van der Waals surface area contributed by atoms with Gasteiger partial charge < -0.3 is 14.2 Å². The van der Waals surface area contributed by atoms with Crippen molar-refractivity contribution in [1.29, 1.82) is 0 Å². The number of ether oxygens (including phenoxy) is 3. The van der Waals surface area contributed by atoms with Gasteiger partial charge in [0.25, 0.3) is 0 Å². The van der Waals surface area contributed by atoms with Gasteiger partial charge in [0.1, 0.15) is 18.1 Å². The lowest BCUT2D eigenvalue weighted by Gasteiger charge is -2.10. The Labute approximate surface area is 148 Å². The molecule has 0 aromatic heterocycles. The Morgan fingerprint density at radius 3 is 2.42 bits per heavy atom. The maximum absolute atomic E-state index is 11.8. The summed E-state index contributed by atoms with van der Waals surface area (Å²) in [4.78, 5) is 23.0. The van der Waals surface area contributed by atoms with Crippen LogP contribution in [-0.2, 0) is 16.1 Å². The van der Waals surface area contributed by atoms with Crippen molar-refractivity contribution in [2.45, 2.75) is 13.5 Å². The van der Waals surface area contributed by atoms with Gasteiger partial charge in [0.2, 0.25) is 0 Å². The van der Waals surface area contributed by atoms with Gasteiger partial charge in [-0.3, -0.25) is 4.79 Å². The highest BCUT2D eigenvalue weighted by Gasteiger charge is 2.09. The predicted molar refractivity (Wildman–Crippen MR) is 92.4 cm³/mol. The van der Waals surface area contributed by atoms with Crippen LogP contribution >= 0.6 is 15.9 Å². The fraction of sp³-hybridized carbons (Fsp3) is 0.222. The number of benzene rings is 2. The molecule has 0 heterocycles. The number of halogens is 1. The molecular formula is C18H17BrO5. The van der Waals surface area contributed by atoms with Gasteiger partial charge in [0, 0.05) is 15.6 Å². The van der Waals surface area contributed by atoms with Gasteiger partial charge in [-0.1, -0.05) is 15.9 Å². The van der Waals surface area contributed by atoms with Gasteiger partial charge in [0.05, 0.1) is 7.11 Å². The first-order valence-electron chi connectivity index (χ1n) is 7.21. The van der Waals surface area contributed by atoms with Gasteiger partial charge in [-0.2, -0.15) is 0 Å². The Balaban J connectivity index is 1.85. The zero-order valence-electron chi connectivity index (χ0n) is 13.4. The maximum atomic E-state index is 11.8. The highest BCUT2D eigenvalue weighted by Crippen LogP contribution is 2.23. The zero-order chi connectivity index (χ0) is 17.5. The number of rotatable bonds is 7. The van der Waals surface area contributed by atoms with E-state index in [0.29, 0.717) is 17.1 Å². The number of methoxy groups -OCH3 is 1. The molecule has 0 N–H and O–H groups in total. The molecule has 2 aromatic carbocycles. The molecule has 6 heteroatoms. The third-order valence-corrected chi connectivity index (χ3v) is 3.74. The van der Waals surface area contributed by atoms with Crippen LogP contribution in [-0.4, -0.2) is 25.5 Å². The summed E-state index contributed by atoms with van der Waals surface area (Å²) in [5, 5.41) is 0. The minimum absolute atomic E-state index is 0.0241. The first-order chi connectivity index (χ1) is 11.5. The molecule has 0 unspecified atom stereocenters. The molecule has 126 valence electrons. The quantitative estimate of drug-likeness (QED) is 0.529. The Hall–Kier alpha value is -2.34. The Bertz CT molecular complexity index is 725. The number of carbonyl (C=O) groups excluding carboxylic acids is 2. The lowest BCUT2D eigenvalue weighted by atomic mass is 10.1. The molecule has 2 aromatic rings. The van der Waals surface area contributed by atoms with Crippen LogP contribution in [0.3, 0.4) is 0 Å². The van der Waals surface area contributed by atoms with Gasteiger partial charge in [0.15, 0.2) is 12.4 Å². The molecule has 0 spiro atoms. The van der Waals surface area contributed by atoms with Crippen LogP contribution in [0, 0.1) is 0 Å². The van der Waals surface area contributed by atoms with Crippen molar-refractivity contribution in [1.82, 2.24) is 0 Å². The summed E-state index contributed by atoms with van der Waals surface area (Å²) in [5.41, 5.74) is 1.35. The number of carbonyl (C=O) groups is 2. The minimum atomic E-state index is -0.493. The molecule has 24 heavy (non-hydrogen) atoms. The summed E-state index contributed by atoms with van der Waals surface area (Å²) in [6, 6.07) is 12.0. The molecule has 0 aliphatic rings. The van der Waals surface area contributed by atoms with E-state index in [9.17, 15) is 9.59 Å². The van der Waals surface area contributed by atoms with Crippen molar-refractivity contribution in [3.8, 4) is 11.5 Å². The molecule has 2 rings (SSSR count). The summed E-state index contributed by atoms with van der Waals surface area (Å²) >= 11 is 3.37. The second kappa shape index (κ2) is 8.49. The van der Waals surface area contributed by atoms with E-state index < -0.39 is 5.97 Å². The largest absolute Gasteiger partial charge is 0.496 e. The second-order valence-corrected chi connectivity index (χ2v) is 5.90. The molecule has 0 fully saturated rings. The average molecular weight is 393 g/mol. The van der Waals surface area contributed by atoms with Crippen molar-refractivity contribution in [3.63, 3.8) is 0 Å². The van der Waals surface area contributed by atoms with Gasteiger partial charge in [-0.15, -0.1) is 0 Å². The second-order valence-electron chi connectivity index (χ2n) is 4.99. The van der Waals surface area contributed by atoms with E-state index in [1.807, 2.05) is 12.1 Å². The number of esters is 1. The third-order valence-electron chi connectivity index (χ3n) is 3.25. The highest BCUT2D eigenvalue weighted by molar-refractivity contribution is 9.10. The highest BCUT2D eigenvalue weighted by atomic mass is 79.9. The van der Waals surface area contributed by atoms with Crippen molar-refractivity contribution in [2.75, 3.05) is 13.7 Å². The van der Waals surface area contributed by atoms with Crippen LogP contribution in [0.5, 0.6) is 11.5 Å².